The minimum atomic E-state index is -3.78. The van der Waals surface area contributed by atoms with Crippen LogP contribution < -0.4 is 4.72 Å². The van der Waals surface area contributed by atoms with Gasteiger partial charge in [0.2, 0.25) is 0 Å². The average molecular weight is 316 g/mol. The molecule has 1 fully saturated rings. The van der Waals surface area contributed by atoms with Gasteiger partial charge in [-0.15, -0.1) is 0 Å². The van der Waals surface area contributed by atoms with Crippen molar-refractivity contribution in [3.8, 4) is 0 Å². The van der Waals surface area contributed by atoms with Crippen molar-refractivity contribution in [3.63, 3.8) is 0 Å². The number of nitrogens with zero attached hydrogens (tertiary/aromatic N) is 2. The largest absolute Gasteiger partial charge is 0.465 e. The molecule has 2 atom stereocenters. The molecule has 0 saturated carbocycles. The molecule has 2 N–H and O–H groups in total. The molecule has 8 nitrogen and oxygen atoms in total. The zero-order valence-corrected chi connectivity index (χ0v) is 12.9. The van der Waals surface area contributed by atoms with Gasteiger partial charge in [-0.25, -0.2) is 4.98 Å². The monoisotopic (exact) mass is 316 g/mol. The number of carbonyl (C=O) groups excluding carboxylic acids is 1. The summed E-state index contributed by atoms with van der Waals surface area (Å²) in [4.78, 5) is 18.7. The van der Waals surface area contributed by atoms with E-state index in [1.807, 2.05) is 0 Å². The van der Waals surface area contributed by atoms with Crippen LogP contribution in [0.2, 0.25) is 0 Å². The minimum Gasteiger partial charge on any atom is -0.465 e. The molecule has 0 amide bonds. The Kier molecular flexibility index (Phi) is 4.96. The third-order valence-corrected chi connectivity index (χ3v) is 5.03. The highest BCUT2D eigenvalue weighted by molar-refractivity contribution is 7.87. The molecule has 2 heterocycles. The number of esters is 1. The summed E-state index contributed by atoms with van der Waals surface area (Å²) < 4.78 is 33.5. The zero-order chi connectivity index (χ0) is 15.5. The van der Waals surface area contributed by atoms with Gasteiger partial charge >= 0.3 is 5.97 Å². The van der Waals surface area contributed by atoms with Gasteiger partial charge in [0.1, 0.15) is 11.9 Å². The Morgan fingerprint density at radius 2 is 2.43 bits per heavy atom. The normalized spacial score (nSPS) is 21.3. The van der Waals surface area contributed by atoms with E-state index in [1.165, 1.54) is 4.31 Å². The maximum atomic E-state index is 12.4. The predicted molar refractivity (Wildman–Crippen MR) is 75.4 cm³/mol. The first-order chi connectivity index (χ1) is 9.95. The van der Waals surface area contributed by atoms with Crippen molar-refractivity contribution < 1.29 is 17.9 Å². The van der Waals surface area contributed by atoms with Gasteiger partial charge in [-0.3, -0.25) is 4.79 Å². The second-order valence-electron chi connectivity index (χ2n) is 4.84. The Morgan fingerprint density at radius 1 is 1.67 bits per heavy atom. The predicted octanol–water partition coefficient (Wildman–Crippen LogP) is 0.333. The van der Waals surface area contributed by atoms with E-state index in [9.17, 15) is 13.2 Å². The summed E-state index contributed by atoms with van der Waals surface area (Å²) in [6.07, 6.45) is 4.29. The van der Waals surface area contributed by atoms with Gasteiger partial charge in [-0.1, -0.05) is 0 Å². The molecule has 0 radical (unpaired) electrons. The number of aromatic amines is 1. The minimum absolute atomic E-state index is 0.236. The lowest BCUT2D eigenvalue weighted by molar-refractivity contribution is -0.146. The van der Waals surface area contributed by atoms with Crippen molar-refractivity contribution in [2.75, 3.05) is 13.2 Å². The molecule has 0 spiro atoms. The molecule has 0 aliphatic carbocycles. The zero-order valence-electron chi connectivity index (χ0n) is 12.1. The molecule has 0 aromatic carbocycles. The maximum absolute atomic E-state index is 12.4. The van der Waals surface area contributed by atoms with E-state index >= 15 is 0 Å². The van der Waals surface area contributed by atoms with Crippen molar-refractivity contribution in [2.45, 2.75) is 38.8 Å². The summed E-state index contributed by atoms with van der Waals surface area (Å²) in [6.45, 7) is 3.93. The topological polar surface area (TPSA) is 104 Å². The molecular formula is C12H20N4O4S. The van der Waals surface area contributed by atoms with Crippen molar-refractivity contribution in [1.82, 2.24) is 19.0 Å². The van der Waals surface area contributed by atoms with Crippen LogP contribution in [0.25, 0.3) is 0 Å². The molecule has 1 saturated heterocycles. The first kappa shape index (κ1) is 15.9. The van der Waals surface area contributed by atoms with E-state index in [2.05, 4.69) is 14.7 Å². The molecule has 0 bridgehead atoms. The molecule has 2 rings (SSSR count). The highest BCUT2D eigenvalue weighted by Crippen LogP contribution is 2.22. The average Bonchev–Trinajstić information content (AvgIpc) is 3.10. The molecule has 118 valence electrons. The van der Waals surface area contributed by atoms with E-state index in [4.69, 9.17) is 4.74 Å². The van der Waals surface area contributed by atoms with E-state index < -0.39 is 28.3 Å². The summed E-state index contributed by atoms with van der Waals surface area (Å²) in [5.41, 5.74) is 0. The van der Waals surface area contributed by atoms with Crippen molar-refractivity contribution >= 4 is 16.2 Å². The number of H-pyrrole nitrogens is 1. The Bertz CT molecular complexity index is 572. The lowest BCUT2D eigenvalue weighted by Gasteiger charge is -2.24. The Labute approximate surface area is 124 Å². The van der Waals surface area contributed by atoms with Crippen LogP contribution in [0.4, 0.5) is 0 Å². The molecule has 1 aliphatic rings. The number of carbonyl (C=O) groups is 1. The molecule has 2 unspecified atom stereocenters. The van der Waals surface area contributed by atoms with Gasteiger partial charge in [0, 0.05) is 18.9 Å². The molecular weight excluding hydrogens is 296 g/mol. The number of rotatable bonds is 6. The lowest BCUT2D eigenvalue weighted by Crippen LogP contribution is -2.47. The fourth-order valence-electron chi connectivity index (χ4n) is 2.36. The second kappa shape index (κ2) is 6.54. The standard InChI is InChI=1S/C12H20N4O4S/c1-3-20-12(17)10-5-4-8-16(10)21(18,19)15-9(2)11-13-6-7-14-11/h6-7,9-10,15H,3-5,8H2,1-2H3,(H,13,14). The fraction of sp³-hybridized carbons (Fsp3) is 0.667. The molecule has 1 aromatic heterocycles. The Morgan fingerprint density at radius 3 is 3.05 bits per heavy atom. The van der Waals surface area contributed by atoms with Crippen LogP contribution >= 0.6 is 0 Å². The molecule has 1 aliphatic heterocycles. The van der Waals surface area contributed by atoms with Crippen LogP contribution in [0.1, 0.15) is 38.6 Å². The maximum Gasteiger partial charge on any atom is 0.324 e. The van der Waals surface area contributed by atoms with Gasteiger partial charge < -0.3 is 9.72 Å². The highest BCUT2D eigenvalue weighted by atomic mass is 32.2. The van der Waals surface area contributed by atoms with Crippen LogP contribution in [-0.4, -0.2) is 47.9 Å². The van der Waals surface area contributed by atoms with Gasteiger partial charge in [0.25, 0.3) is 10.2 Å². The number of hydrogen-bond acceptors (Lipinski definition) is 5. The fourth-order valence-corrected chi connectivity index (χ4v) is 3.95. The highest BCUT2D eigenvalue weighted by Gasteiger charge is 2.40. The smallest absolute Gasteiger partial charge is 0.324 e. The van der Waals surface area contributed by atoms with Crippen LogP contribution in [0.3, 0.4) is 0 Å². The van der Waals surface area contributed by atoms with E-state index in [1.54, 1.807) is 26.2 Å². The number of aromatic nitrogens is 2. The summed E-state index contributed by atoms with van der Waals surface area (Å²) in [6, 6.07) is -1.25. The number of imidazole rings is 1. The van der Waals surface area contributed by atoms with Gasteiger partial charge in [0.15, 0.2) is 0 Å². The van der Waals surface area contributed by atoms with Crippen molar-refractivity contribution in [2.24, 2.45) is 0 Å². The summed E-state index contributed by atoms with van der Waals surface area (Å²) in [7, 11) is -3.78. The number of ether oxygens (including phenoxy) is 1. The third kappa shape index (κ3) is 3.60. The Hall–Kier alpha value is -1.45. The van der Waals surface area contributed by atoms with Gasteiger partial charge in [-0.05, 0) is 26.7 Å². The third-order valence-electron chi connectivity index (χ3n) is 3.33. The molecule has 1 aromatic rings. The van der Waals surface area contributed by atoms with E-state index in [0.29, 0.717) is 25.2 Å². The number of hydrogen-bond donors (Lipinski definition) is 2. The SMILES string of the molecule is CCOC(=O)C1CCCN1S(=O)(=O)NC(C)c1ncc[nH]1. The van der Waals surface area contributed by atoms with Crippen molar-refractivity contribution in [1.29, 1.82) is 0 Å². The van der Waals surface area contributed by atoms with Crippen LogP contribution in [-0.2, 0) is 19.7 Å². The van der Waals surface area contributed by atoms with Crippen molar-refractivity contribution in [3.05, 3.63) is 18.2 Å². The van der Waals surface area contributed by atoms with Gasteiger partial charge in [-0.2, -0.15) is 17.4 Å². The van der Waals surface area contributed by atoms with Crippen LogP contribution in [0.15, 0.2) is 12.4 Å². The Balaban J connectivity index is 2.09. The van der Waals surface area contributed by atoms with Gasteiger partial charge in [0.05, 0.1) is 12.6 Å². The first-order valence-corrected chi connectivity index (χ1v) is 8.34. The van der Waals surface area contributed by atoms with E-state index in [-0.39, 0.29) is 6.61 Å². The summed E-state index contributed by atoms with van der Waals surface area (Å²) in [5, 5.41) is 0. The number of nitrogens with one attached hydrogen (secondary N) is 2. The lowest BCUT2D eigenvalue weighted by atomic mass is 10.2. The molecule has 21 heavy (non-hydrogen) atoms. The quantitative estimate of drug-likeness (QED) is 0.736. The van der Waals surface area contributed by atoms with Crippen LogP contribution in [0.5, 0.6) is 0 Å². The summed E-state index contributed by atoms with van der Waals surface area (Å²) >= 11 is 0. The first-order valence-electron chi connectivity index (χ1n) is 6.90. The van der Waals surface area contributed by atoms with Crippen LogP contribution in [0, 0.1) is 0 Å². The van der Waals surface area contributed by atoms with E-state index in [0.717, 1.165) is 0 Å². The summed E-state index contributed by atoms with van der Waals surface area (Å²) in [5.74, 6) is 0.0245. The molecule has 9 heteroatoms. The second-order valence-corrected chi connectivity index (χ2v) is 6.49.